The van der Waals surface area contributed by atoms with Crippen LogP contribution in [0, 0.1) is 0 Å². The van der Waals surface area contributed by atoms with Gasteiger partial charge in [0.1, 0.15) is 5.75 Å². The Kier molecular flexibility index (Phi) is 11.2. The van der Waals surface area contributed by atoms with E-state index in [1.165, 1.54) is 6.42 Å². The second-order valence-electron chi connectivity index (χ2n) is 4.29. The lowest BCUT2D eigenvalue weighted by Gasteiger charge is -2.11. The Morgan fingerprint density at radius 3 is 2.60 bits per heavy atom. The van der Waals surface area contributed by atoms with E-state index in [-0.39, 0.29) is 24.0 Å². The third kappa shape index (κ3) is 6.98. The second-order valence-corrected chi connectivity index (χ2v) is 4.29. The molecule has 1 aromatic rings. The summed E-state index contributed by atoms with van der Waals surface area (Å²) < 4.78 is 5.33. The van der Waals surface area contributed by atoms with Gasteiger partial charge < -0.3 is 15.4 Å². The van der Waals surface area contributed by atoms with Crippen LogP contribution in [0.15, 0.2) is 29.3 Å². The number of nitrogens with zero attached hydrogens (tertiary/aromatic N) is 1. The molecule has 4 nitrogen and oxygen atoms in total. The number of rotatable bonds is 7. The topological polar surface area (TPSA) is 45.7 Å². The van der Waals surface area contributed by atoms with Crippen LogP contribution in [-0.4, -0.2) is 26.2 Å². The minimum absolute atomic E-state index is 0. The van der Waals surface area contributed by atoms with Gasteiger partial charge in [0.25, 0.3) is 0 Å². The molecule has 0 heterocycles. The molecule has 0 aliphatic carbocycles. The molecule has 20 heavy (non-hydrogen) atoms. The van der Waals surface area contributed by atoms with Crippen molar-refractivity contribution in [3.63, 3.8) is 0 Å². The third-order valence-electron chi connectivity index (χ3n) is 2.77. The molecule has 0 radical (unpaired) electrons. The summed E-state index contributed by atoms with van der Waals surface area (Å²) in [5.74, 6) is 1.75. The SMILES string of the molecule is CCCCNC(=NCc1ccccc1OC)NCC.I. The molecule has 0 aromatic heterocycles. The predicted molar refractivity (Wildman–Crippen MR) is 96.1 cm³/mol. The predicted octanol–water partition coefficient (Wildman–Crippen LogP) is 3.17. The standard InChI is InChI=1S/C15H25N3O.HI/c1-4-6-11-17-15(16-5-2)18-12-13-9-7-8-10-14(13)19-3;/h7-10H,4-6,11-12H2,1-3H3,(H2,16,17,18);1H. The molecule has 0 aliphatic heterocycles. The Balaban J connectivity index is 0.00000361. The van der Waals surface area contributed by atoms with Crippen molar-refractivity contribution in [3.8, 4) is 5.75 Å². The molecule has 0 unspecified atom stereocenters. The van der Waals surface area contributed by atoms with Crippen molar-refractivity contribution in [1.82, 2.24) is 10.6 Å². The van der Waals surface area contributed by atoms with Crippen molar-refractivity contribution in [2.75, 3.05) is 20.2 Å². The first-order valence-electron chi connectivity index (χ1n) is 6.95. The fraction of sp³-hybridized carbons (Fsp3) is 0.533. The molecule has 0 saturated carbocycles. The molecule has 0 amide bonds. The Labute approximate surface area is 139 Å². The second kappa shape index (κ2) is 11.8. The zero-order valence-electron chi connectivity index (χ0n) is 12.6. The van der Waals surface area contributed by atoms with Gasteiger partial charge in [-0.15, -0.1) is 24.0 Å². The number of benzene rings is 1. The van der Waals surface area contributed by atoms with Crippen molar-refractivity contribution < 1.29 is 4.74 Å². The van der Waals surface area contributed by atoms with Crippen molar-refractivity contribution in [2.24, 2.45) is 4.99 Å². The van der Waals surface area contributed by atoms with Gasteiger partial charge in [-0.3, -0.25) is 0 Å². The van der Waals surface area contributed by atoms with Gasteiger partial charge in [-0.25, -0.2) is 4.99 Å². The number of guanidine groups is 1. The summed E-state index contributed by atoms with van der Waals surface area (Å²) in [6.07, 6.45) is 2.33. The zero-order chi connectivity index (χ0) is 13.9. The number of halogens is 1. The summed E-state index contributed by atoms with van der Waals surface area (Å²) in [5.41, 5.74) is 1.10. The number of methoxy groups -OCH3 is 1. The Morgan fingerprint density at radius 2 is 1.95 bits per heavy atom. The molecule has 0 bridgehead atoms. The Hall–Kier alpha value is -0.980. The van der Waals surface area contributed by atoms with Gasteiger partial charge in [0.2, 0.25) is 0 Å². The average Bonchev–Trinajstić information content (AvgIpc) is 2.45. The first-order valence-corrected chi connectivity index (χ1v) is 6.95. The Morgan fingerprint density at radius 1 is 1.20 bits per heavy atom. The number of hydrogen-bond donors (Lipinski definition) is 2. The van der Waals surface area contributed by atoms with Crippen molar-refractivity contribution in [2.45, 2.75) is 33.2 Å². The molecule has 2 N–H and O–H groups in total. The fourth-order valence-corrected chi connectivity index (χ4v) is 1.72. The average molecular weight is 391 g/mol. The van der Waals surface area contributed by atoms with E-state index in [1.807, 2.05) is 24.3 Å². The van der Waals surface area contributed by atoms with Crippen molar-refractivity contribution >= 4 is 29.9 Å². The Bertz CT molecular complexity index is 396. The third-order valence-corrected chi connectivity index (χ3v) is 2.77. The van der Waals surface area contributed by atoms with Gasteiger partial charge in [-0.05, 0) is 19.4 Å². The highest BCUT2D eigenvalue weighted by atomic mass is 127. The lowest BCUT2D eigenvalue weighted by Crippen LogP contribution is -2.37. The summed E-state index contributed by atoms with van der Waals surface area (Å²) in [6.45, 7) is 6.68. The summed E-state index contributed by atoms with van der Waals surface area (Å²) in [6, 6.07) is 7.97. The van der Waals surface area contributed by atoms with E-state index in [0.717, 1.165) is 36.8 Å². The summed E-state index contributed by atoms with van der Waals surface area (Å²) in [7, 11) is 1.69. The van der Waals surface area contributed by atoms with Gasteiger partial charge in [0, 0.05) is 18.7 Å². The van der Waals surface area contributed by atoms with Crippen LogP contribution < -0.4 is 15.4 Å². The first-order chi connectivity index (χ1) is 9.31. The fourth-order valence-electron chi connectivity index (χ4n) is 1.72. The molecule has 1 aromatic carbocycles. The van der Waals surface area contributed by atoms with E-state index >= 15 is 0 Å². The number of nitrogens with one attached hydrogen (secondary N) is 2. The highest BCUT2D eigenvalue weighted by Gasteiger charge is 2.01. The van der Waals surface area contributed by atoms with E-state index in [2.05, 4.69) is 29.5 Å². The molecule has 0 atom stereocenters. The smallest absolute Gasteiger partial charge is 0.191 e. The van der Waals surface area contributed by atoms with Crippen LogP contribution in [0.2, 0.25) is 0 Å². The molecule has 1 rings (SSSR count). The van der Waals surface area contributed by atoms with E-state index < -0.39 is 0 Å². The van der Waals surface area contributed by atoms with E-state index in [9.17, 15) is 0 Å². The lowest BCUT2D eigenvalue weighted by atomic mass is 10.2. The van der Waals surface area contributed by atoms with Gasteiger partial charge in [0.15, 0.2) is 5.96 Å². The number of aliphatic imine (C=N–C) groups is 1. The van der Waals surface area contributed by atoms with Crippen LogP contribution >= 0.6 is 24.0 Å². The van der Waals surface area contributed by atoms with Crippen LogP contribution in [0.3, 0.4) is 0 Å². The quantitative estimate of drug-likeness (QED) is 0.325. The van der Waals surface area contributed by atoms with Gasteiger partial charge >= 0.3 is 0 Å². The largest absolute Gasteiger partial charge is 0.496 e. The lowest BCUT2D eigenvalue weighted by molar-refractivity contribution is 0.410. The van der Waals surface area contributed by atoms with Gasteiger partial charge in [0.05, 0.1) is 13.7 Å². The maximum atomic E-state index is 5.33. The zero-order valence-corrected chi connectivity index (χ0v) is 14.9. The van der Waals surface area contributed by atoms with E-state index in [1.54, 1.807) is 7.11 Å². The van der Waals surface area contributed by atoms with Crippen LogP contribution in [0.5, 0.6) is 5.75 Å². The van der Waals surface area contributed by atoms with Crippen LogP contribution in [-0.2, 0) is 6.54 Å². The van der Waals surface area contributed by atoms with Crippen LogP contribution in [0.4, 0.5) is 0 Å². The number of unbranched alkanes of at least 4 members (excludes halogenated alkanes) is 1. The molecule has 5 heteroatoms. The molecular formula is C15H26IN3O. The summed E-state index contributed by atoms with van der Waals surface area (Å²) in [4.78, 5) is 4.58. The highest BCUT2D eigenvalue weighted by Crippen LogP contribution is 2.17. The minimum Gasteiger partial charge on any atom is -0.496 e. The van der Waals surface area contributed by atoms with Crippen LogP contribution in [0.25, 0.3) is 0 Å². The first kappa shape index (κ1) is 19.0. The normalized spacial score (nSPS) is 10.7. The van der Waals surface area contributed by atoms with Crippen LogP contribution in [0.1, 0.15) is 32.3 Å². The molecule has 0 spiro atoms. The van der Waals surface area contributed by atoms with E-state index in [4.69, 9.17) is 4.74 Å². The molecule has 114 valence electrons. The highest BCUT2D eigenvalue weighted by molar-refractivity contribution is 14.0. The molecule has 0 aliphatic rings. The molecule has 0 saturated heterocycles. The molecular weight excluding hydrogens is 365 g/mol. The summed E-state index contributed by atoms with van der Waals surface area (Å²) in [5, 5.41) is 6.57. The van der Waals surface area contributed by atoms with Crippen molar-refractivity contribution in [3.05, 3.63) is 29.8 Å². The minimum atomic E-state index is 0. The summed E-state index contributed by atoms with van der Waals surface area (Å²) >= 11 is 0. The maximum Gasteiger partial charge on any atom is 0.191 e. The number of hydrogen-bond acceptors (Lipinski definition) is 2. The maximum absolute atomic E-state index is 5.33. The van der Waals surface area contributed by atoms with Gasteiger partial charge in [-0.1, -0.05) is 31.5 Å². The number of para-hydroxylation sites is 1. The van der Waals surface area contributed by atoms with Crippen molar-refractivity contribution in [1.29, 1.82) is 0 Å². The van der Waals surface area contributed by atoms with Gasteiger partial charge in [-0.2, -0.15) is 0 Å². The molecule has 0 fully saturated rings. The van der Waals surface area contributed by atoms with E-state index in [0.29, 0.717) is 6.54 Å². The monoisotopic (exact) mass is 391 g/mol. The number of ether oxygens (including phenoxy) is 1.